The Labute approximate surface area is 96.9 Å². The maximum atomic E-state index is 10.9. The molecular weight excluding hydrogens is 224 g/mol. The molecule has 4 N–H and O–H groups in total. The molecule has 0 fully saturated rings. The topological polar surface area (TPSA) is 68.2 Å². The Morgan fingerprint density at radius 1 is 1.50 bits per heavy atom. The number of nitrogens with zero attached hydrogens (tertiary/aromatic N) is 1. The standard InChI is InChI=1S/C11H12N2O2S/c1-7(13(15)11(12)14)10-6-8-4-2-3-5-9(8)16-10/h2-7,15H,1H3,(H2,12,14)/p+1. The highest BCUT2D eigenvalue weighted by molar-refractivity contribution is 7.19. The first-order chi connectivity index (χ1) is 7.59. The van der Waals surface area contributed by atoms with Crippen molar-refractivity contribution >= 4 is 27.5 Å². The van der Waals surface area contributed by atoms with Crippen molar-refractivity contribution in [3.63, 3.8) is 0 Å². The Bertz CT molecular complexity index is 490. The number of rotatable bonds is 2. The molecule has 0 saturated heterocycles. The lowest BCUT2D eigenvalue weighted by Crippen LogP contribution is -2.63. The lowest BCUT2D eigenvalue weighted by molar-refractivity contribution is -0.299. The van der Waals surface area contributed by atoms with Gasteiger partial charge in [-0.3, -0.25) is 10.9 Å². The molecule has 1 aromatic carbocycles. The molecule has 1 aromatic heterocycles. The van der Waals surface area contributed by atoms with E-state index in [1.165, 1.54) is 0 Å². The molecule has 5 heteroatoms. The molecule has 2 amide bonds. The van der Waals surface area contributed by atoms with E-state index in [4.69, 9.17) is 0 Å². The highest BCUT2D eigenvalue weighted by Gasteiger charge is 2.21. The van der Waals surface area contributed by atoms with E-state index >= 15 is 0 Å². The van der Waals surface area contributed by atoms with Gasteiger partial charge in [-0.05, 0) is 24.4 Å². The summed E-state index contributed by atoms with van der Waals surface area (Å²) in [5.74, 6) is 0. The second-order valence-corrected chi connectivity index (χ2v) is 4.72. The fourth-order valence-corrected chi connectivity index (χ4v) is 2.65. The molecule has 1 unspecified atom stereocenters. The van der Waals surface area contributed by atoms with Crippen LogP contribution in [0.1, 0.15) is 17.8 Å². The normalized spacial score (nSPS) is 12.7. The molecular formula is C11H13N2O2S+. The summed E-state index contributed by atoms with van der Waals surface area (Å²) in [5, 5.41) is 11.3. The molecule has 0 spiro atoms. The van der Waals surface area contributed by atoms with Gasteiger partial charge >= 0.3 is 6.03 Å². The molecule has 2 aromatic rings. The minimum atomic E-state index is -0.593. The predicted octanol–water partition coefficient (Wildman–Crippen LogP) is 2.02. The SMILES string of the molecule is CC(c1cc2ccccc2s1)N(O)C([NH3+])=O. The van der Waals surface area contributed by atoms with Crippen LogP contribution in [0.25, 0.3) is 10.1 Å². The number of carbonyl (C=O) groups excluding carboxylic acids is 1. The van der Waals surface area contributed by atoms with Crippen LogP contribution in [0.5, 0.6) is 0 Å². The van der Waals surface area contributed by atoms with Crippen molar-refractivity contribution in [3.8, 4) is 0 Å². The van der Waals surface area contributed by atoms with Crippen molar-refractivity contribution in [2.75, 3.05) is 0 Å². The number of quaternary nitrogens is 1. The van der Waals surface area contributed by atoms with E-state index in [1.807, 2.05) is 30.3 Å². The van der Waals surface area contributed by atoms with Gasteiger partial charge in [0.05, 0.1) is 6.04 Å². The zero-order valence-corrected chi connectivity index (χ0v) is 9.70. The van der Waals surface area contributed by atoms with Crippen LogP contribution in [-0.4, -0.2) is 16.3 Å². The molecule has 84 valence electrons. The fourth-order valence-electron chi connectivity index (χ4n) is 1.54. The van der Waals surface area contributed by atoms with Crippen molar-refractivity contribution in [2.24, 2.45) is 0 Å². The molecule has 1 heterocycles. The van der Waals surface area contributed by atoms with Gasteiger partial charge < -0.3 is 0 Å². The average Bonchev–Trinajstić information content (AvgIpc) is 2.70. The Hall–Kier alpha value is -1.43. The zero-order valence-electron chi connectivity index (χ0n) is 8.88. The van der Waals surface area contributed by atoms with Crippen LogP contribution in [0, 0.1) is 0 Å². The quantitative estimate of drug-likeness (QED) is 0.619. The molecule has 0 aliphatic rings. The molecule has 0 aliphatic heterocycles. The third kappa shape index (κ3) is 1.92. The molecule has 2 rings (SSSR count). The third-order valence-corrected chi connectivity index (χ3v) is 3.77. The molecule has 0 radical (unpaired) electrons. The van der Waals surface area contributed by atoms with Crippen molar-refractivity contribution < 1.29 is 15.7 Å². The summed E-state index contributed by atoms with van der Waals surface area (Å²) in [7, 11) is 0. The number of thiophene rings is 1. The molecule has 0 aliphatic carbocycles. The molecule has 4 nitrogen and oxygen atoms in total. The Morgan fingerprint density at radius 3 is 2.81 bits per heavy atom. The van der Waals surface area contributed by atoms with E-state index in [9.17, 15) is 10.0 Å². The fraction of sp³-hybridized carbons (Fsp3) is 0.182. The first kappa shape index (κ1) is 11.1. The van der Waals surface area contributed by atoms with Crippen molar-refractivity contribution in [1.29, 1.82) is 0 Å². The van der Waals surface area contributed by atoms with Gasteiger partial charge in [0.15, 0.2) is 0 Å². The van der Waals surface area contributed by atoms with E-state index in [2.05, 4.69) is 5.73 Å². The number of urea groups is 1. The summed E-state index contributed by atoms with van der Waals surface area (Å²) in [5.41, 5.74) is 3.18. The Kier molecular flexibility index (Phi) is 2.91. The van der Waals surface area contributed by atoms with Crippen LogP contribution >= 0.6 is 11.3 Å². The van der Waals surface area contributed by atoms with Crippen molar-refractivity contribution in [3.05, 3.63) is 35.2 Å². The minimum Gasteiger partial charge on any atom is -0.281 e. The molecule has 0 bridgehead atoms. The highest BCUT2D eigenvalue weighted by Crippen LogP contribution is 2.31. The number of benzene rings is 1. The Morgan fingerprint density at radius 2 is 2.19 bits per heavy atom. The van der Waals surface area contributed by atoms with Gasteiger partial charge in [0.2, 0.25) is 0 Å². The van der Waals surface area contributed by atoms with Crippen LogP contribution in [0.3, 0.4) is 0 Å². The number of hydrogen-bond donors (Lipinski definition) is 2. The predicted molar refractivity (Wildman–Crippen MR) is 62.1 cm³/mol. The lowest BCUT2D eigenvalue weighted by Gasteiger charge is -2.16. The number of carbonyl (C=O) groups is 1. The summed E-state index contributed by atoms with van der Waals surface area (Å²) in [6.45, 7) is 1.77. The maximum absolute atomic E-state index is 10.9. The van der Waals surface area contributed by atoms with E-state index in [1.54, 1.807) is 18.3 Å². The van der Waals surface area contributed by atoms with Crippen LogP contribution in [-0.2, 0) is 0 Å². The first-order valence-electron chi connectivity index (χ1n) is 4.92. The van der Waals surface area contributed by atoms with Crippen LogP contribution in [0.4, 0.5) is 4.79 Å². The number of amides is 2. The van der Waals surface area contributed by atoms with E-state index in [0.717, 1.165) is 15.0 Å². The summed E-state index contributed by atoms with van der Waals surface area (Å²) < 4.78 is 1.15. The summed E-state index contributed by atoms with van der Waals surface area (Å²) in [6, 6.07) is 8.99. The Balaban J connectivity index is 2.36. The van der Waals surface area contributed by atoms with Crippen LogP contribution < -0.4 is 5.73 Å². The first-order valence-corrected chi connectivity index (χ1v) is 5.73. The van der Waals surface area contributed by atoms with E-state index in [-0.39, 0.29) is 6.04 Å². The van der Waals surface area contributed by atoms with E-state index < -0.39 is 6.03 Å². The number of hydrogen-bond acceptors (Lipinski definition) is 3. The number of hydroxylamine groups is 2. The van der Waals surface area contributed by atoms with Gasteiger partial charge in [-0.15, -0.1) is 11.3 Å². The summed E-state index contributed by atoms with van der Waals surface area (Å²) >= 11 is 1.57. The molecule has 1 atom stereocenters. The maximum Gasteiger partial charge on any atom is 0.438 e. The second-order valence-electron chi connectivity index (χ2n) is 3.60. The van der Waals surface area contributed by atoms with Gasteiger partial charge in [-0.1, -0.05) is 18.2 Å². The van der Waals surface area contributed by atoms with Crippen LogP contribution in [0.15, 0.2) is 30.3 Å². The highest BCUT2D eigenvalue weighted by atomic mass is 32.1. The monoisotopic (exact) mass is 237 g/mol. The second kappa shape index (κ2) is 4.21. The van der Waals surface area contributed by atoms with E-state index in [0.29, 0.717) is 5.06 Å². The largest absolute Gasteiger partial charge is 0.438 e. The van der Waals surface area contributed by atoms with Crippen LogP contribution in [0.2, 0.25) is 0 Å². The lowest BCUT2D eigenvalue weighted by atomic mass is 10.2. The van der Waals surface area contributed by atoms with Crippen molar-refractivity contribution in [1.82, 2.24) is 5.06 Å². The molecule has 0 saturated carbocycles. The zero-order chi connectivity index (χ0) is 11.7. The third-order valence-electron chi connectivity index (χ3n) is 2.48. The summed E-state index contributed by atoms with van der Waals surface area (Å²) in [6.07, 6.45) is 0. The van der Waals surface area contributed by atoms with Gasteiger partial charge in [-0.25, -0.2) is 4.79 Å². The average molecular weight is 237 g/mol. The molecule has 16 heavy (non-hydrogen) atoms. The van der Waals surface area contributed by atoms with Crippen molar-refractivity contribution in [2.45, 2.75) is 13.0 Å². The summed E-state index contributed by atoms with van der Waals surface area (Å²) in [4.78, 5) is 11.9. The van der Waals surface area contributed by atoms with Gasteiger partial charge in [0, 0.05) is 9.58 Å². The van der Waals surface area contributed by atoms with Gasteiger partial charge in [0.25, 0.3) is 0 Å². The smallest absolute Gasteiger partial charge is 0.281 e. The van der Waals surface area contributed by atoms with Gasteiger partial charge in [-0.2, -0.15) is 5.06 Å². The van der Waals surface area contributed by atoms with Gasteiger partial charge in [0.1, 0.15) is 0 Å². The minimum absolute atomic E-state index is 0.359. The number of fused-ring (bicyclic) bond motifs is 1.